The van der Waals surface area contributed by atoms with E-state index in [1.807, 2.05) is 24.4 Å². The van der Waals surface area contributed by atoms with Crippen LogP contribution in [0.15, 0.2) is 34.1 Å². The number of primary amides is 1. The van der Waals surface area contributed by atoms with E-state index >= 15 is 0 Å². The summed E-state index contributed by atoms with van der Waals surface area (Å²) in [4.78, 5) is 12.3. The second-order valence-electron chi connectivity index (χ2n) is 3.94. The fraction of sp³-hybridized carbons (Fsp3) is 0.154. The third kappa shape index (κ3) is 2.91. The smallest absolute Gasteiger partial charge is 0.248 e. The molecule has 1 aromatic carbocycles. The first-order valence-electron chi connectivity index (χ1n) is 5.44. The van der Waals surface area contributed by atoms with Gasteiger partial charge in [0.2, 0.25) is 5.91 Å². The number of rotatable bonds is 4. The third-order valence-electron chi connectivity index (χ3n) is 2.64. The summed E-state index contributed by atoms with van der Waals surface area (Å²) in [6.45, 7) is 2.72. The van der Waals surface area contributed by atoms with Crippen LogP contribution in [0, 0.1) is 6.92 Å². The van der Waals surface area contributed by atoms with Gasteiger partial charge in [0.05, 0.1) is 6.54 Å². The van der Waals surface area contributed by atoms with Gasteiger partial charge in [-0.05, 0) is 58.1 Å². The highest BCUT2D eigenvalue weighted by atomic mass is 79.9. The Morgan fingerprint density at radius 2 is 2.22 bits per heavy atom. The number of amides is 1. The molecule has 5 heteroatoms. The number of thiophene rings is 1. The molecule has 2 rings (SSSR count). The molecular formula is C13H13BrN2OS. The third-order valence-corrected chi connectivity index (χ3v) is 4.57. The minimum atomic E-state index is -0.398. The van der Waals surface area contributed by atoms with Crippen molar-refractivity contribution in [2.24, 2.45) is 5.73 Å². The summed E-state index contributed by atoms with van der Waals surface area (Å²) < 4.78 is 1.12. The quantitative estimate of drug-likeness (QED) is 0.903. The summed E-state index contributed by atoms with van der Waals surface area (Å²) in [6.07, 6.45) is 0. The van der Waals surface area contributed by atoms with Gasteiger partial charge < -0.3 is 11.1 Å². The zero-order chi connectivity index (χ0) is 13.1. The minimum Gasteiger partial charge on any atom is -0.380 e. The highest BCUT2D eigenvalue weighted by Gasteiger charge is 2.05. The molecule has 0 spiro atoms. The number of carbonyl (C=O) groups is 1. The summed E-state index contributed by atoms with van der Waals surface area (Å²) in [5.74, 6) is -0.398. The Kier molecular flexibility index (Phi) is 4.04. The van der Waals surface area contributed by atoms with E-state index < -0.39 is 5.91 Å². The van der Waals surface area contributed by atoms with Gasteiger partial charge in [-0.3, -0.25) is 4.79 Å². The maximum atomic E-state index is 11.1. The number of nitrogens with two attached hydrogens (primary N) is 1. The average molecular weight is 325 g/mol. The van der Waals surface area contributed by atoms with Gasteiger partial charge in [0.15, 0.2) is 0 Å². The van der Waals surface area contributed by atoms with Crippen LogP contribution in [0.5, 0.6) is 0 Å². The van der Waals surface area contributed by atoms with Crippen molar-refractivity contribution in [3.8, 4) is 0 Å². The van der Waals surface area contributed by atoms with Gasteiger partial charge in [-0.1, -0.05) is 0 Å². The molecule has 2 aromatic rings. The standard InChI is InChI=1S/C13H13BrN2OS/c1-8-6-9(13(15)17)2-3-11(8)16-7-12-10(14)4-5-18-12/h2-6,16H,7H2,1H3,(H2,15,17). The number of carbonyl (C=O) groups excluding carboxylic acids is 1. The molecule has 0 radical (unpaired) electrons. The zero-order valence-electron chi connectivity index (χ0n) is 9.87. The van der Waals surface area contributed by atoms with Gasteiger partial charge in [0.25, 0.3) is 0 Å². The lowest BCUT2D eigenvalue weighted by molar-refractivity contribution is 0.1000. The van der Waals surface area contributed by atoms with Crippen LogP contribution in [0.2, 0.25) is 0 Å². The number of hydrogen-bond acceptors (Lipinski definition) is 3. The van der Waals surface area contributed by atoms with Gasteiger partial charge in [0, 0.05) is 20.6 Å². The Morgan fingerprint density at radius 3 is 2.78 bits per heavy atom. The van der Waals surface area contributed by atoms with E-state index in [4.69, 9.17) is 5.73 Å². The molecule has 0 saturated heterocycles. The monoisotopic (exact) mass is 324 g/mol. The Hall–Kier alpha value is -1.33. The van der Waals surface area contributed by atoms with Crippen molar-refractivity contribution in [2.75, 3.05) is 5.32 Å². The molecule has 0 aliphatic rings. The molecule has 0 bridgehead atoms. The highest BCUT2D eigenvalue weighted by molar-refractivity contribution is 9.10. The van der Waals surface area contributed by atoms with Crippen molar-refractivity contribution >= 4 is 38.9 Å². The number of anilines is 1. The Morgan fingerprint density at radius 1 is 1.44 bits per heavy atom. The highest BCUT2D eigenvalue weighted by Crippen LogP contribution is 2.24. The molecule has 1 amide bonds. The van der Waals surface area contributed by atoms with E-state index in [-0.39, 0.29) is 0 Å². The van der Waals surface area contributed by atoms with Gasteiger partial charge in [-0.15, -0.1) is 11.3 Å². The first-order chi connectivity index (χ1) is 8.58. The molecule has 18 heavy (non-hydrogen) atoms. The van der Waals surface area contributed by atoms with Crippen molar-refractivity contribution in [2.45, 2.75) is 13.5 Å². The molecule has 0 fully saturated rings. The second kappa shape index (κ2) is 5.54. The number of nitrogens with one attached hydrogen (secondary N) is 1. The molecule has 0 aliphatic heterocycles. The zero-order valence-corrected chi connectivity index (χ0v) is 12.3. The average Bonchev–Trinajstić information content (AvgIpc) is 2.73. The Bertz CT molecular complexity index is 580. The molecule has 3 N–H and O–H groups in total. The Balaban J connectivity index is 2.11. The lowest BCUT2D eigenvalue weighted by Crippen LogP contribution is -2.11. The molecule has 3 nitrogen and oxygen atoms in total. The van der Waals surface area contributed by atoms with Crippen LogP contribution in [0.4, 0.5) is 5.69 Å². The number of benzene rings is 1. The summed E-state index contributed by atoms with van der Waals surface area (Å²) in [5, 5.41) is 5.40. The molecule has 0 unspecified atom stereocenters. The van der Waals surface area contributed by atoms with Gasteiger partial charge >= 0.3 is 0 Å². The summed E-state index contributed by atoms with van der Waals surface area (Å²) in [7, 11) is 0. The molecule has 0 aliphatic carbocycles. The number of halogens is 1. The summed E-state index contributed by atoms with van der Waals surface area (Å²) in [6, 6.07) is 7.46. The van der Waals surface area contributed by atoms with E-state index in [1.165, 1.54) is 4.88 Å². The lowest BCUT2D eigenvalue weighted by Gasteiger charge is -2.09. The largest absolute Gasteiger partial charge is 0.380 e. The number of aryl methyl sites for hydroxylation is 1. The molecule has 0 atom stereocenters. The molecule has 1 heterocycles. The Labute approximate surface area is 118 Å². The predicted molar refractivity (Wildman–Crippen MR) is 79.0 cm³/mol. The SMILES string of the molecule is Cc1cc(C(N)=O)ccc1NCc1sccc1Br. The maximum absolute atomic E-state index is 11.1. The van der Waals surface area contributed by atoms with Gasteiger partial charge in [-0.2, -0.15) is 0 Å². The second-order valence-corrected chi connectivity index (χ2v) is 5.79. The van der Waals surface area contributed by atoms with E-state index in [0.29, 0.717) is 5.56 Å². The first kappa shape index (κ1) is 13.1. The molecule has 94 valence electrons. The predicted octanol–water partition coefficient (Wildman–Crippen LogP) is 3.53. The lowest BCUT2D eigenvalue weighted by atomic mass is 10.1. The molecular weight excluding hydrogens is 312 g/mol. The van der Waals surface area contributed by atoms with Gasteiger partial charge in [-0.25, -0.2) is 0 Å². The van der Waals surface area contributed by atoms with E-state index in [9.17, 15) is 4.79 Å². The molecule has 1 aromatic heterocycles. The maximum Gasteiger partial charge on any atom is 0.248 e. The van der Waals surface area contributed by atoms with Crippen LogP contribution in [0.25, 0.3) is 0 Å². The van der Waals surface area contributed by atoms with Crippen molar-refractivity contribution in [1.82, 2.24) is 0 Å². The fourth-order valence-corrected chi connectivity index (χ4v) is 3.07. The van der Waals surface area contributed by atoms with Crippen molar-refractivity contribution in [1.29, 1.82) is 0 Å². The van der Waals surface area contributed by atoms with Crippen molar-refractivity contribution < 1.29 is 4.79 Å². The van der Waals surface area contributed by atoms with Crippen LogP contribution in [-0.2, 0) is 6.54 Å². The fourth-order valence-electron chi connectivity index (χ4n) is 1.64. The van der Waals surface area contributed by atoms with E-state index in [2.05, 4.69) is 21.2 Å². The van der Waals surface area contributed by atoms with Crippen LogP contribution >= 0.6 is 27.3 Å². The summed E-state index contributed by atoms with van der Waals surface area (Å²) in [5.41, 5.74) is 7.80. The van der Waals surface area contributed by atoms with Crippen molar-refractivity contribution in [3.63, 3.8) is 0 Å². The van der Waals surface area contributed by atoms with Crippen LogP contribution in [-0.4, -0.2) is 5.91 Å². The van der Waals surface area contributed by atoms with Crippen LogP contribution in [0.1, 0.15) is 20.8 Å². The normalized spacial score (nSPS) is 10.3. The summed E-state index contributed by atoms with van der Waals surface area (Å²) >= 11 is 5.20. The minimum absolute atomic E-state index is 0.398. The first-order valence-corrected chi connectivity index (χ1v) is 7.11. The number of hydrogen-bond donors (Lipinski definition) is 2. The van der Waals surface area contributed by atoms with E-state index in [1.54, 1.807) is 23.5 Å². The van der Waals surface area contributed by atoms with Crippen LogP contribution < -0.4 is 11.1 Å². The van der Waals surface area contributed by atoms with E-state index in [0.717, 1.165) is 22.3 Å². The van der Waals surface area contributed by atoms with Gasteiger partial charge in [0.1, 0.15) is 0 Å². The molecule has 0 saturated carbocycles. The topological polar surface area (TPSA) is 55.1 Å². The van der Waals surface area contributed by atoms with Crippen molar-refractivity contribution in [3.05, 3.63) is 50.1 Å². The van der Waals surface area contributed by atoms with Crippen LogP contribution in [0.3, 0.4) is 0 Å².